The van der Waals surface area contributed by atoms with E-state index >= 15 is 0 Å². The fraction of sp³-hybridized carbons (Fsp3) is 0.250. The van der Waals surface area contributed by atoms with E-state index in [0.717, 1.165) is 10.2 Å². The van der Waals surface area contributed by atoms with Gasteiger partial charge in [-0.15, -0.1) is 11.6 Å². The number of nitrogens with zero attached hydrogens (tertiary/aromatic N) is 2. The van der Waals surface area contributed by atoms with E-state index in [1.807, 2.05) is 24.3 Å². The largest absolute Gasteiger partial charge is 0.489 e. The molecule has 7 nitrogen and oxygen atoms in total. The minimum atomic E-state index is -0.558. The van der Waals surface area contributed by atoms with Gasteiger partial charge in [0, 0.05) is 21.6 Å². The van der Waals surface area contributed by atoms with Gasteiger partial charge in [-0.25, -0.2) is 14.4 Å². The quantitative estimate of drug-likeness (QED) is 0.313. The van der Waals surface area contributed by atoms with Crippen molar-refractivity contribution in [3.05, 3.63) is 47.2 Å². The molecular weight excluding hydrogens is 479 g/mol. The van der Waals surface area contributed by atoms with Crippen molar-refractivity contribution >= 4 is 61.5 Å². The summed E-state index contributed by atoms with van der Waals surface area (Å²) in [7, 11) is 0. The zero-order valence-electron chi connectivity index (χ0n) is 15.8. The lowest BCUT2D eigenvalue weighted by atomic mass is 10.2. The minimum absolute atomic E-state index is 0.00871. The highest BCUT2D eigenvalue weighted by atomic mass is 79.9. The Labute approximate surface area is 186 Å². The predicted molar refractivity (Wildman–Crippen MR) is 119 cm³/mol. The van der Waals surface area contributed by atoms with Crippen LogP contribution in [0.4, 0.5) is 21.6 Å². The van der Waals surface area contributed by atoms with E-state index in [9.17, 15) is 9.18 Å². The maximum Gasteiger partial charge on any atom is 0.239 e. The molecule has 3 aromatic rings. The van der Waals surface area contributed by atoms with Crippen molar-refractivity contribution in [1.29, 1.82) is 0 Å². The second kappa shape index (κ2) is 11.1. The lowest BCUT2D eigenvalue weighted by molar-refractivity contribution is -0.113. The lowest BCUT2D eigenvalue weighted by Gasteiger charge is -2.15. The molecule has 0 unspecified atom stereocenters. The van der Waals surface area contributed by atoms with Crippen LogP contribution in [0.5, 0.6) is 5.75 Å². The number of halogens is 3. The lowest BCUT2D eigenvalue weighted by Crippen LogP contribution is -2.15. The first-order valence-corrected chi connectivity index (χ1v) is 10.4. The summed E-state index contributed by atoms with van der Waals surface area (Å²) in [5, 5.41) is 6.65. The molecule has 1 heterocycles. The Bertz CT molecular complexity index is 1020. The summed E-state index contributed by atoms with van der Waals surface area (Å²) in [5.41, 5.74) is 1.87. The van der Waals surface area contributed by atoms with Crippen LogP contribution in [0.1, 0.15) is 0 Å². The molecular formula is C20H19BrClFN4O3. The third-order valence-electron chi connectivity index (χ3n) is 3.93. The highest BCUT2D eigenvalue weighted by Gasteiger charge is 2.13. The monoisotopic (exact) mass is 496 g/mol. The SMILES string of the molecule is O=C(CCl)Nc1cc2c(Nc3cccc(Br)c3)ncnc2cc1OCCOCCF. The summed E-state index contributed by atoms with van der Waals surface area (Å²) >= 11 is 9.08. The number of hydrogen-bond acceptors (Lipinski definition) is 6. The fourth-order valence-corrected chi connectivity index (χ4v) is 3.12. The molecule has 0 saturated heterocycles. The van der Waals surface area contributed by atoms with Gasteiger partial charge in [0.05, 0.1) is 24.4 Å². The summed E-state index contributed by atoms with van der Waals surface area (Å²) < 4.78 is 23.9. The molecule has 3 rings (SSSR count). The van der Waals surface area contributed by atoms with Crippen LogP contribution in [0, 0.1) is 0 Å². The molecule has 0 aliphatic carbocycles. The highest BCUT2D eigenvalue weighted by molar-refractivity contribution is 9.10. The van der Waals surface area contributed by atoms with Crippen molar-refractivity contribution in [3.8, 4) is 5.75 Å². The zero-order chi connectivity index (χ0) is 21.3. The number of nitrogens with one attached hydrogen (secondary N) is 2. The smallest absolute Gasteiger partial charge is 0.239 e. The second-order valence-corrected chi connectivity index (χ2v) is 7.24. The van der Waals surface area contributed by atoms with Gasteiger partial charge in [-0.05, 0) is 24.3 Å². The Morgan fingerprint density at radius 1 is 1.17 bits per heavy atom. The van der Waals surface area contributed by atoms with Crippen molar-refractivity contribution in [2.45, 2.75) is 0 Å². The summed E-state index contributed by atoms with van der Waals surface area (Å²) in [6.45, 7) is -0.153. The highest BCUT2D eigenvalue weighted by Crippen LogP contribution is 2.33. The van der Waals surface area contributed by atoms with Crippen molar-refractivity contribution in [3.63, 3.8) is 0 Å². The number of anilines is 3. The average molecular weight is 498 g/mol. The maximum atomic E-state index is 12.1. The third-order valence-corrected chi connectivity index (χ3v) is 4.66. The summed E-state index contributed by atoms with van der Waals surface area (Å²) in [6, 6.07) is 11.1. The van der Waals surface area contributed by atoms with Crippen molar-refractivity contribution in [1.82, 2.24) is 9.97 Å². The first kappa shape index (κ1) is 22.2. The molecule has 0 saturated carbocycles. The van der Waals surface area contributed by atoms with Gasteiger partial charge in [-0.3, -0.25) is 4.79 Å². The number of fused-ring (bicyclic) bond motifs is 1. The topological polar surface area (TPSA) is 85.4 Å². The van der Waals surface area contributed by atoms with Gasteiger partial charge in [0.2, 0.25) is 5.91 Å². The number of benzene rings is 2. The van der Waals surface area contributed by atoms with Crippen molar-refractivity contribution in [2.24, 2.45) is 0 Å². The molecule has 30 heavy (non-hydrogen) atoms. The molecule has 2 aromatic carbocycles. The normalized spacial score (nSPS) is 10.8. The third kappa shape index (κ3) is 6.01. The zero-order valence-corrected chi connectivity index (χ0v) is 18.2. The Morgan fingerprint density at radius 2 is 2.03 bits per heavy atom. The number of carbonyl (C=O) groups excluding carboxylic acids is 1. The van der Waals surface area contributed by atoms with E-state index in [1.165, 1.54) is 6.33 Å². The second-order valence-electron chi connectivity index (χ2n) is 6.05. The van der Waals surface area contributed by atoms with Crippen LogP contribution in [0.15, 0.2) is 47.2 Å². The van der Waals surface area contributed by atoms with Gasteiger partial charge in [0.25, 0.3) is 0 Å². The standard InChI is InChI=1S/C20H19BrClFN4O3/c21-13-2-1-3-14(8-13)26-20-15-9-17(27-19(28)11-22)18(10-16(15)24-12-25-20)30-7-6-29-5-4-23/h1-3,8-10,12H,4-7,11H2,(H,27,28)(H,24,25,26). The molecule has 0 aliphatic rings. The molecule has 0 fully saturated rings. The van der Waals surface area contributed by atoms with E-state index in [-0.39, 0.29) is 31.6 Å². The molecule has 0 spiro atoms. The molecule has 158 valence electrons. The number of rotatable bonds is 10. The number of aromatic nitrogens is 2. The molecule has 0 aliphatic heterocycles. The number of hydrogen-bond donors (Lipinski definition) is 2. The Kier molecular flexibility index (Phi) is 8.18. The molecule has 1 aromatic heterocycles. The van der Waals surface area contributed by atoms with E-state index in [2.05, 4.69) is 36.5 Å². The fourth-order valence-electron chi connectivity index (χ4n) is 2.65. The molecule has 2 N–H and O–H groups in total. The van der Waals surface area contributed by atoms with Gasteiger partial charge in [0.1, 0.15) is 37.1 Å². The van der Waals surface area contributed by atoms with Crippen LogP contribution in [-0.4, -0.2) is 48.3 Å². The Hall–Kier alpha value is -2.49. The van der Waals surface area contributed by atoms with Gasteiger partial charge in [0.15, 0.2) is 0 Å². The number of amides is 1. The van der Waals surface area contributed by atoms with Crippen molar-refractivity contribution < 1.29 is 18.7 Å². The summed E-state index contributed by atoms with van der Waals surface area (Å²) in [5.74, 6) is 0.382. The van der Waals surface area contributed by atoms with Gasteiger partial charge >= 0.3 is 0 Å². The van der Waals surface area contributed by atoms with Gasteiger partial charge in [-0.2, -0.15) is 0 Å². The maximum absolute atomic E-state index is 12.1. The van der Waals surface area contributed by atoms with Crippen LogP contribution in [0.2, 0.25) is 0 Å². The molecule has 0 radical (unpaired) electrons. The predicted octanol–water partition coefficient (Wildman–Crippen LogP) is 4.68. The first-order chi connectivity index (χ1) is 14.6. The average Bonchev–Trinajstić information content (AvgIpc) is 2.74. The Morgan fingerprint density at radius 3 is 2.80 bits per heavy atom. The van der Waals surface area contributed by atoms with E-state index in [4.69, 9.17) is 21.1 Å². The number of ether oxygens (including phenoxy) is 2. The first-order valence-electron chi connectivity index (χ1n) is 9.04. The van der Waals surface area contributed by atoms with Gasteiger partial charge < -0.3 is 20.1 Å². The van der Waals surface area contributed by atoms with Crippen LogP contribution in [0.25, 0.3) is 10.9 Å². The van der Waals surface area contributed by atoms with Crippen molar-refractivity contribution in [2.75, 3.05) is 43.0 Å². The van der Waals surface area contributed by atoms with Crippen LogP contribution < -0.4 is 15.4 Å². The molecule has 0 bridgehead atoms. The van der Waals surface area contributed by atoms with Gasteiger partial charge in [-0.1, -0.05) is 22.0 Å². The van der Waals surface area contributed by atoms with Crippen LogP contribution in [0.3, 0.4) is 0 Å². The number of alkyl halides is 2. The van der Waals surface area contributed by atoms with Crippen LogP contribution >= 0.6 is 27.5 Å². The van der Waals surface area contributed by atoms with E-state index in [1.54, 1.807) is 12.1 Å². The van der Waals surface area contributed by atoms with E-state index < -0.39 is 6.67 Å². The Balaban J connectivity index is 1.92. The summed E-state index contributed by atoms with van der Waals surface area (Å²) in [4.78, 5) is 20.5. The summed E-state index contributed by atoms with van der Waals surface area (Å²) in [6.07, 6.45) is 1.44. The molecule has 0 atom stereocenters. The number of carbonyl (C=O) groups is 1. The molecule has 1 amide bonds. The minimum Gasteiger partial charge on any atom is -0.489 e. The van der Waals surface area contributed by atoms with E-state index in [0.29, 0.717) is 28.2 Å². The van der Waals surface area contributed by atoms with Crippen LogP contribution in [-0.2, 0) is 9.53 Å². The molecule has 10 heteroatoms.